The van der Waals surface area contributed by atoms with Gasteiger partial charge in [0.15, 0.2) is 0 Å². The van der Waals surface area contributed by atoms with Crippen LogP contribution in [0.25, 0.3) is 0 Å². The molecule has 0 spiro atoms. The molecule has 0 radical (unpaired) electrons. The van der Waals surface area contributed by atoms with Gasteiger partial charge in [-0.2, -0.15) is 0 Å². The van der Waals surface area contributed by atoms with Crippen LogP contribution in [-0.2, 0) is 0 Å². The fourth-order valence-electron chi connectivity index (χ4n) is 2.15. The van der Waals surface area contributed by atoms with Crippen molar-refractivity contribution in [3.8, 4) is 0 Å². The van der Waals surface area contributed by atoms with E-state index < -0.39 is 0 Å². The fraction of sp³-hybridized carbons (Fsp3) is 0.0667. The molecule has 1 atom stereocenters. The van der Waals surface area contributed by atoms with Crippen LogP contribution in [0.5, 0.6) is 0 Å². The summed E-state index contributed by atoms with van der Waals surface area (Å²) in [4.78, 5) is 6.88. The van der Waals surface area contributed by atoms with Crippen LogP contribution in [0.15, 0.2) is 69.4 Å². The maximum Gasteiger partial charge on any atom is 0.109 e. The van der Waals surface area contributed by atoms with Crippen molar-refractivity contribution in [2.24, 2.45) is 0 Å². The highest BCUT2D eigenvalue weighted by molar-refractivity contribution is 9.11. The van der Waals surface area contributed by atoms with Crippen molar-refractivity contribution in [2.75, 3.05) is 4.90 Å². The maximum absolute atomic E-state index is 3.74. The monoisotopic (exact) mass is 395 g/mol. The lowest BCUT2D eigenvalue weighted by molar-refractivity contribution is 1.00. The smallest absolute Gasteiger partial charge is 0.109 e. The van der Waals surface area contributed by atoms with Gasteiger partial charge in [0, 0.05) is 9.79 Å². The first-order valence-corrected chi connectivity index (χ1v) is 8.52. The Hall–Kier alpha value is -0.710. The average Bonchev–Trinajstić information content (AvgIpc) is 2.44. The normalized spacial score (nSPS) is 15.2. The fourth-order valence-corrected chi connectivity index (χ4v) is 4.51. The Morgan fingerprint density at radius 3 is 2.00 bits per heavy atom. The van der Waals surface area contributed by atoms with Crippen molar-refractivity contribution < 1.29 is 0 Å². The van der Waals surface area contributed by atoms with Crippen LogP contribution in [0.4, 0.5) is 11.4 Å². The van der Waals surface area contributed by atoms with E-state index in [4.69, 9.17) is 0 Å². The van der Waals surface area contributed by atoms with Crippen molar-refractivity contribution in [1.29, 1.82) is 0 Å². The number of rotatable bonds is 2. The standard InChI is InChI=1S/C15H11Br2NS/c16-10-9-15(17)18-11-5-1-3-7-13(11)19-14-8-4-2-6-12(14)18/h1-10,15H. The Morgan fingerprint density at radius 2 is 1.47 bits per heavy atom. The summed E-state index contributed by atoms with van der Waals surface area (Å²) < 4.78 is 0. The van der Waals surface area contributed by atoms with E-state index in [1.165, 1.54) is 21.2 Å². The van der Waals surface area contributed by atoms with Gasteiger partial charge in [0.25, 0.3) is 0 Å². The zero-order valence-corrected chi connectivity index (χ0v) is 14.0. The number of nitrogens with zero attached hydrogens (tertiary/aromatic N) is 1. The van der Waals surface area contributed by atoms with Crippen molar-refractivity contribution in [2.45, 2.75) is 14.7 Å². The number of alkyl halides is 1. The molecule has 0 fully saturated rings. The number of para-hydroxylation sites is 2. The lowest BCUT2D eigenvalue weighted by atomic mass is 10.2. The maximum atomic E-state index is 3.74. The molecular weight excluding hydrogens is 386 g/mol. The Morgan fingerprint density at radius 1 is 0.947 bits per heavy atom. The van der Waals surface area contributed by atoms with Crippen molar-refractivity contribution in [3.63, 3.8) is 0 Å². The molecule has 1 nitrogen and oxygen atoms in total. The molecule has 0 saturated carbocycles. The molecule has 2 aromatic carbocycles. The summed E-state index contributed by atoms with van der Waals surface area (Å²) >= 11 is 8.92. The largest absolute Gasteiger partial charge is 0.323 e. The van der Waals surface area contributed by atoms with Gasteiger partial charge < -0.3 is 4.90 Å². The Kier molecular flexibility index (Phi) is 4.01. The van der Waals surface area contributed by atoms with Gasteiger partial charge in [0.2, 0.25) is 0 Å². The van der Waals surface area contributed by atoms with Crippen LogP contribution in [0.2, 0.25) is 0 Å². The summed E-state index contributed by atoms with van der Waals surface area (Å²) in [5.41, 5.74) is 2.47. The summed E-state index contributed by atoms with van der Waals surface area (Å²) in [5, 5.41) is 0. The molecule has 19 heavy (non-hydrogen) atoms. The number of halogens is 2. The summed E-state index contributed by atoms with van der Waals surface area (Å²) in [5.74, 6) is 0. The van der Waals surface area contributed by atoms with Gasteiger partial charge in [0.05, 0.1) is 11.4 Å². The van der Waals surface area contributed by atoms with Gasteiger partial charge in [-0.05, 0) is 35.3 Å². The Balaban J connectivity index is 2.16. The van der Waals surface area contributed by atoms with E-state index in [0.29, 0.717) is 0 Å². The highest BCUT2D eigenvalue weighted by atomic mass is 79.9. The SMILES string of the molecule is BrC=CC(Br)N1c2ccccc2Sc2ccccc21. The first kappa shape index (κ1) is 13.3. The lowest BCUT2D eigenvalue weighted by Crippen LogP contribution is -2.26. The molecule has 0 saturated heterocycles. The third-order valence-electron chi connectivity index (χ3n) is 2.95. The number of anilines is 2. The molecule has 1 unspecified atom stereocenters. The first-order chi connectivity index (χ1) is 9.31. The van der Waals surface area contributed by atoms with E-state index in [2.05, 4.69) is 91.4 Å². The van der Waals surface area contributed by atoms with E-state index >= 15 is 0 Å². The zero-order valence-electron chi connectivity index (χ0n) is 9.96. The quantitative estimate of drug-likeness (QED) is 0.457. The van der Waals surface area contributed by atoms with E-state index in [0.717, 1.165) is 0 Å². The second kappa shape index (κ2) is 5.73. The van der Waals surface area contributed by atoms with Crippen LogP contribution in [-0.4, -0.2) is 4.95 Å². The lowest BCUT2D eigenvalue weighted by Gasteiger charge is -2.35. The third-order valence-corrected chi connectivity index (χ3v) is 5.10. The number of benzene rings is 2. The second-order valence-corrected chi connectivity index (χ2v) is 6.65. The highest BCUT2D eigenvalue weighted by Crippen LogP contribution is 2.49. The molecule has 1 aliphatic heterocycles. The molecule has 0 amide bonds. The molecule has 1 aliphatic rings. The van der Waals surface area contributed by atoms with Gasteiger partial charge in [-0.1, -0.05) is 67.9 Å². The molecule has 0 aromatic heterocycles. The summed E-state index contributed by atoms with van der Waals surface area (Å²) in [6.07, 6.45) is 2.07. The molecular formula is C15H11Br2NS. The van der Waals surface area contributed by atoms with Crippen molar-refractivity contribution in [3.05, 3.63) is 59.6 Å². The molecule has 0 bridgehead atoms. The molecule has 0 N–H and O–H groups in total. The Bertz CT molecular complexity index is 582. The second-order valence-electron chi connectivity index (χ2n) is 4.10. The van der Waals surface area contributed by atoms with Crippen LogP contribution in [0.3, 0.4) is 0 Å². The van der Waals surface area contributed by atoms with Crippen LogP contribution in [0, 0.1) is 0 Å². The van der Waals surface area contributed by atoms with Crippen molar-refractivity contribution in [1.82, 2.24) is 0 Å². The van der Waals surface area contributed by atoms with Gasteiger partial charge in [0.1, 0.15) is 4.95 Å². The highest BCUT2D eigenvalue weighted by Gasteiger charge is 2.26. The first-order valence-electron chi connectivity index (χ1n) is 5.87. The predicted octanol–water partition coefficient (Wildman–Crippen LogP) is 5.92. The van der Waals surface area contributed by atoms with Gasteiger partial charge in [-0.25, -0.2) is 0 Å². The average molecular weight is 397 g/mol. The number of hydrogen-bond donors (Lipinski definition) is 0. The van der Waals surface area contributed by atoms with Crippen LogP contribution in [0.1, 0.15) is 0 Å². The van der Waals surface area contributed by atoms with E-state index in [1.807, 2.05) is 16.7 Å². The summed E-state index contributed by atoms with van der Waals surface area (Å²) in [7, 11) is 0. The summed E-state index contributed by atoms with van der Waals surface area (Å²) in [6, 6.07) is 17.0. The molecule has 96 valence electrons. The van der Waals surface area contributed by atoms with E-state index in [-0.39, 0.29) is 4.95 Å². The van der Waals surface area contributed by atoms with Gasteiger partial charge in [-0.15, -0.1) is 0 Å². The zero-order chi connectivity index (χ0) is 13.2. The van der Waals surface area contributed by atoms with E-state index in [9.17, 15) is 0 Å². The van der Waals surface area contributed by atoms with E-state index in [1.54, 1.807) is 0 Å². The topological polar surface area (TPSA) is 3.24 Å². The van der Waals surface area contributed by atoms with Gasteiger partial charge in [-0.3, -0.25) is 0 Å². The van der Waals surface area contributed by atoms with Crippen molar-refractivity contribution >= 4 is 55.0 Å². The van der Waals surface area contributed by atoms with Crippen LogP contribution >= 0.6 is 43.6 Å². The minimum absolute atomic E-state index is 0.120. The molecule has 3 rings (SSSR count). The minimum atomic E-state index is 0.120. The Labute approximate surface area is 134 Å². The minimum Gasteiger partial charge on any atom is -0.323 e. The third kappa shape index (κ3) is 2.49. The predicted molar refractivity (Wildman–Crippen MR) is 89.9 cm³/mol. The number of hydrogen-bond acceptors (Lipinski definition) is 2. The summed E-state index contributed by atoms with van der Waals surface area (Å²) in [6.45, 7) is 0. The van der Waals surface area contributed by atoms with Crippen LogP contribution < -0.4 is 4.90 Å². The van der Waals surface area contributed by atoms with Gasteiger partial charge >= 0.3 is 0 Å². The molecule has 0 aliphatic carbocycles. The molecule has 2 aromatic rings. The number of fused-ring (bicyclic) bond motifs is 2. The molecule has 1 heterocycles. The molecule has 4 heteroatoms.